The molecule has 0 radical (unpaired) electrons. The zero-order chi connectivity index (χ0) is 20.8. The topological polar surface area (TPSA) is 97.4 Å². The summed E-state index contributed by atoms with van der Waals surface area (Å²) in [6, 6.07) is 13.8. The molecule has 1 fully saturated rings. The number of hydrogen-bond donors (Lipinski definition) is 3. The van der Waals surface area contributed by atoms with Crippen LogP contribution >= 0.6 is 0 Å². The van der Waals surface area contributed by atoms with Crippen molar-refractivity contribution in [2.75, 3.05) is 5.32 Å². The molecule has 1 aromatic heterocycles. The number of carbonyl (C=O) groups excluding carboxylic acids is 2. The molecule has 1 aliphatic carbocycles. The number of aliphatic hydroxyl groups excluding tert-OH is 1. The van der Waals surface area contributed by atoms with Crippen LogP contribution in [0.5, 0.6) is 0 Å². The smallest absolute Gasteiger partial charge is 0.250 e. The molecule has 0 unspecified atom stereocenters. The number of nitrogens with one attached hydrogen (secondary N) is 1. The molecule has 1 saturated carbocycles. The fourth-order valence-electron chi connectivity index (χ4n) is 4.95. The van der Waals surface area contributed by atoms with Crippen molar-refractivity contribution in [1.29, 1.82) is 0 Å². The standard InChI is InChI=1S/C24H25N3O3/c25-24(30)17-10-5-14(13-19(17)26-15-6-8-16(28)9-7-15)23-18-3-1-2-4-20(18)27-21(23)11-12-22(27)29/h1-5,10,13,15-16,26,28H,6-9,11-12H2,(H2,25,30)/t15-,16-. The molecule has 154 valence electrons. The van der Waals surface area contributed by atoms with Crippen LogP contribution in [-0.4, -0.2) is 33.6 Å². The lowest BCUT2D eigenvalue weighted by atomic mass is 9.92. The second-order valence-corrected chi connectivity index (χ2v) is 8.34. The maximum atomic E-state index is 12.5. The molecule has 6 nitrogen and oxygen atoms in total. The van der Waals surface area contributed by atoms with Gasteiger partial charge in [-0.15, -0.1) is 0 Å². The highest BCUT2D eigenvalue weighted by Crippen LogP contribution is 2.40. The van der Waals surface area contributed by atoms with E-state index in [4.69, 9.17) is 5.73 Å². The number of amides is 1. The van der Waals surface area contributed by atoms with Crippen molar-refractivity contribution in [3.05, 3.63) is 53.7 Å². The fourth-order valence-corrected chi connectivity index (χ4v) is 4.95. The van der Waals surface area contributed by atoms with Crippen molar-refractivity contribution >= 4 is 28.4 Å². The maximum absolute atomic E-state index is 12.5. The molecule has 0 saturated heterocycles. The van der Waals surface area contributed by atoms with Crippen LogP contribution in [0.3, 0.4) is 0 Å². The van der Waals surface area contributed by atoms with Crippen LogP contribution in [0.15, 0.2) is 42.5 Å². The Morgan fingerprint density at radius 2 is 1.83 bits per heavy atom. The van der Waals surface area contributed by atoms with Crippen LogP contribution in [0.1, 0.15) is 53.0 Å². The monoisotopic (exact) mass is 403 g/mol. The molecule has 0 spiro atoms. The van der Waals surface area contributed by atoms with E-state index in [1.54, 1.807) is 6.07 Å². The van der Waals surface area contributed by atoms with Crippen molar-refractivity contribution in [2.45, 2.75) is 50.7 Å². The first-order valence-corrected chi connectivity index (χ1v) is 10.6. The third-order valence-corrected chi connectivity index (χ3v) is 6.43. The number of fused-ring (bicyclic) bond motifs is 3. The van der Waals surface area contributed by atoms with E-state index in [1.807, 2.05) is 41.0 Å². The summed E-state index contributed by atoms with van der Waals surface area (Å²) in [4.78, 5) is 24.5. The van der Waals surface area contributed by atoms with Crippen LogP contribution in [0.4, 0.5) is 5.69 Å². The number of carbonyl (C=O) groups is 2. The lowest BCUT2D eigenvalue weighted by molar-refractivity contribution is 0.0927. The van der Waals surface area contributed by atoms with E-state index in [9.17, 15) is 14.7 Å². The molecule has 3 aromatic rings. The zero-order valence-corrected chi connectivity index (χ0v) is 16.7. The van der Waals surface area contributed by atoms with E-state index in [2.05, 4.69) is 5.32 Å². The first-order valence-electron chi connectivity index (χ1n) is 10.6. The number of aromatic nitrogens is 1. The highest BCUT2D eigenvalue weighted by atomic mass is 16.3. The van der Waals surface area contributed by atoms with Gasteiger partial charge in [-0.05, 0) is 55.9 Å². The van der Waals surface area contributed by atoms with Gasteiger partial charge in [0.1, 0.15) is 0 Å². The van der Waals surface area contributed by atoms with Crippen LogP contribution < -0.4 is 11.1 Å². The number of nitrogens with zero attached hydrogens (tertiary/aromatic N) is 1. The van der Waals surface area contributed by atoms with E-state index in [1.165, 1.54) is 0 Å². The van der Waals surface area contributed by atoms with Crippen LogP contribution in [-0.2, 0) is 6.42 Å². The Morgan fingerprint density at radius 3 is 2.60 bits per heavy atom. The third kappa shape index (κ3) is 3.08. The van der Waals surface area contributed by atoms with Gasteiger partial charge in [-0.2, -0.15) is 0 Å². The Bertz CT molecular complexity index is 1160. The van der Waals surface area contributed by atoms with Crippen molar-refractivity contribution in [3.63, 3.8) is 0 Å². The minimum absolute atomic E-state index is 0.125. The minimum Gasteiger partial charge on any atom is -0.393 e. The lowest BCUT2D eigenvalue weighted by Gasteiger charge is -2.28. The lowest BCUT2D eigenvalue weighted by Crippen LogP contribution is -2.29. The molecular formula is C24H25N3O3. The molecule has 0 bridgehead atoms. The predicted molar refractivity (Wildman–Crippen MR) is 117 cm³/mol. The fraction of sp³-hybridized carbons (Fsp3) is 0.333. The van der Waals surface area contributed by atoms with Gasteiger partial charge >= 0.3 is 0 Å². The van der Waals surface area contributed by atoms with Crippen molar-refractivity contribution < 1.29 is 14.7 Å². The largest absolute Gasteiger partial charge is 0.393 e. The summed E-state index contributed by atoms with van der Waals surface area (Å²) in [6.45, 7) is 0. The van der Waals surface area contributed by atoms with Gasteiger partial charge in [-0.1, -0.05) is 24.3 Å². The molecule has 2 aliphatic rings. The summed E-state index contributed by atoms with van der Waals surface area (Å²) in [5, 5.41) is 14.3. The number of primary amides is 1. The predicted octanol–water partition coefficient (Wildman–Crippen LogP) is 3.71. The van der Waals surface area contributed by atoms with Crippen LogP contribution in [0, 0.1) is 0 Å². The average molecular weight is 403 g/mol. The van der Waals surface area contributed by atoms with E-state index < -0.39 is 5.91 Å². The maximum Gasteiger partial charge on any atom is 0.250 e. The summed E-state index contributed by atoms with van der Waals surface area (Å²) < 4.78 is 1.84. The average Bonchev–Trinajstić information content (AvgIpc) is 3.27. The number of anilines is 1. The first-order chi connectivity index (χ1) is 14.5. The quantitative estimate of drug-likeness (QED) is 0.619. The molecule has 0 atom stereocenters. The highest BCUT2D eigenvalue weighted by molar-refractivity contribution is 6.07. The van der Waals surface area contributed by atoms with Gasteiger partial charge in [-0.25, -0.2) is 0 Å². The van der Waals surface area contributed by atoms with Crippen LogP contribution in [0.25, 0.3) is 22.0 Å². The zero-order valence-electron chi connectivity index (χ0n) is 16.7. The molecule has 6 heteroatoms. The number of rotatable bonds is 4. The van der Waals surface area contributed by atoms with Gasteiger partial charge in [0.05, 0.1) is 17.2 Å². The van der Waals surface area contributed by atoms with E-state index in [0.717, 1.165) is 59.1 Å². The summed E-state index contributed by atoms with van der Waals surface area (Å²) in [6.07, 6.45) is 4.20. The third-order valence-electron chi connectivity index (χ3n) is 6.43. The van der Waals surface area contributed by atoms with Crippen molar-refractivity contribution in [3.8, 4) is 11.1 Å². The number of benzene rings is 2. The van der Waals surface area contributed by atoms with E-state index >= 15 is 0 Å². The Balaban J connectivity index is 1.61. The van der Waals surface area contributed by atoms with E-state index in [0.29, 0.717) is 18.4 Å². The molecule has 2 aromatic carbocycles. The Labute approximate surface area is 174 Å². The molecular weight excluding hydrogens is 378 g/mol. The molecule has 5 rings (SSSR count). The normalized spacial score (nSPS) is 21.0. The Hall–Kier alpha value is -3.12. The second-order valence-electron chi connectivity index (χ2n) is 8.34. The Morgan fingerprint density at radius 1 is 1.07 bits per heavy atom. The van der Waals surface area contributed by atoms with E-state index in [-0.39, 0.29) is 18.1 Å². The summed E-state index contributed by atoms with van der Waals surface area (Å²) >= 11 is 0. The van der Waals surface area contributed by atoms with Crippen molar-refractivity contribution in [1.82, 2.24) is 4.57 Å². The number of para-hydroxylation sites is 1. The SMILES string of the molecule is NC(=O)c1ccc(-c2c3n(c4ccccc24)C(=O)CC3)cc1N[C@H]1CC[C@H](O)CC1. The Kier molecular flexibility index (Phi) is 4.59. The minimum atomic E-state index is -0.470. The van der Waals surface area contributed by atoms with Crippen LogP contribution in [0.2, 0.25) is 0 Å². The number of aliphatic hydroxyl groups is 1. The van der Waals surface area contributed by atoms with Gasteiger partial charge < -0.3 is 16.2 Å². The second kappa shape index (κ2) is 7.29. The molecule has 30 heavy (non-hydrogen) atoms. The molecule has 1 aliphatic heterocycles. The van der Waals surface area contributed by atoms with Gasteiger partial charge in [0.25, 0.3) is 5.91 Å². The summed E-state index contributed by atoms with van der Waals surface area (Å²) in [5.41, 5.74) is 10.8. The van der Waals surface area contributed by atoms with Gasteiger partial charge in [0, 0.05) is 34.8 Å². The molecule has 1 amide bonds. The number of hydrogen-bond acceptors (Lipinski definition) is 4. The van der Waals surface area contributed by atoms with Gasteiger partial charge in [0.15, 0.2) is 0 Å². The summed E-state index contributed by atoms with van der Waals surface area (Å²) in [5.74, 6) is -0.345. The molecule has 2 heterocycles. The van der Waals surface area contributed by atoms with Gasteiger partial charge in [-0.3, -0.25) is 14.2 Å². The van der Waals surface area contributed by atoms with Gasteiger partial charge in [0.2, 0.25) is 5.91 Å². The van der Waals surface area contributed by atoms with Crippen molar-refractivity contribution in [2.24, 2.45) is 5.73 Å². The molecule has 4 N–H and O–H groups in total. The highest BCUT2D eigenvalue weighted by Gasteiger charge is 2.28. The number of nitrogens with two attached hydrogens (primary N) is 1. The summed E-state index contributed by atoms with van der Waals surface area (Å²) in [7, 11) is 0. The first kappa shape index (κ1) is 18.9.